The Labute approximate surface area is 123 Å². The van der Waals surface area contributed by atoms with E-state index < -0.39 is 0 Å². The summed E-state index contributed by atoms with van der Waals surface area (Å²) in [6.07, 6.45) is 4.16. The monoisotopic (exact) mass is 272 g/mol. The molecule has 110 valence electrons. The van der Waals surface area contributed by atoms with Crippen LogP contribution in [0, 0.1) is 18.8 Å². The Bertz CT molecular complexity index is 435. The quantitative estimate of drug-likeness (QED) is 0.830. The molecular weight excluding hydrogens is 244 g/mol. The second-order valence-corrected chi connectivity index (χ2v) is 6.92. The minimum Gasteiger partial charge on any atom is -0.371 e. The van der Waals surface area contributed by atoms with Crippen LogP contribution in [0.1, 0.15) is 31.7 Å². The van der Waals surface area contributed by atoms with E-state index in [0.29, 0.717) is 0 Å². The van der Waals surface area contributed by atoms with Gasteiger partial charge in [0.15, 0.2) is 0 Å². The van der Waals surface area contributed by atoms with Crippen molar-refractivity contribution in [1.82, 2.24) is 4.90 Å². The van der Waals surface area contributed by atoms with E-state index >= 15 is 0 Å². The van der Waals surface area contributed by atoms with Gasteiger partial charge in [-0.15, -0.1) is 0 Å². The first-order valence-corrected chi connectivity index (χ1v) is 8.24. The molecule has 0 spiro atoms. The molecule has 20 heavy (non-hydrogen) atoms. The average Bonchev–Trinajstić information content (AvgIpc) is 2.90. The molecular formula is C18H28N2. The molecule has 0 saturated carbocycles. The Morgan fingerprint density at radius 2 is 1.90 bits per heavy atom. The Morgan fingerprint density at radius 1 is 1.10 bits per heavy atom. The van der Waals surface area contributed by atoms with E-state index in [9.17, 15) is 0 Å². The van der Waals surface area contributed by atoms with E-state index in [-0.39, 0.29) is 0 Å². The number of hydrogen-bond acceptors (Lipinski definition) is 2. The smallest absolute Gasteiger partial charge is 0.0368 e. The zero-order valence-corrected chi connectivity index (χ0v) is 13.0. The van der Waals surface area contributed by atoms with Gasteiger partial charge in [-0.2, -0.15) is 0 Å². The maximum Gasteiger partial charge on any atom is 0.0368 e. The van der Waals surface area contributed by atoms with Crippen LogP contribution in [0.4, 0.5) is 5.69 Å². The molecule has 2 saturated heterocycles. The number of likely N-dealkylation sites (tertiary alicyclic amines) is 1. The molecule has 1 aromatic rings. The van der Waals surface area contributed by atoms with E-state index in [1.54, 1.807) is 0 Å². The lowest BCUT2D eigenvalue weighted by Gasteiger charge is -2.32. The number of anilines is 1. The molecule has 0 amide bonds. The average molecular weight is 272 g/mol. The summed E-state index contributed by atoms with van der Waals surface area (Å²) in [6.45, 7) is 11.0. The van der Waals surface area contributed by atoms with E-state index in [0.717, 1.165) is 11.8 Å². The fraction of sp³-hybridized carbons (Fsp3) is 0.667. The van der Waals surface area contributed by atoms with Crippen molar-refractivity contribution in [2.75, 3.05) is 37.6 Å². The molecule has 2 nitrogen and oxygen atoms in total. The van der Waals surface area contributed by atoms with Gasteiger partial charge >= 0.3 is 0 Å². The van der Waals surface area contributed by atoms with Gasteiger partial charge in [-0.25, -0.2) is 0 Å². The van der Waals surface area contributed by atoms with Gasteiger partial charge in [0.1, 0.15) is 0 Å². The predicted octanol–water partition coefficient (Wildman–Crippen LogP) is 3.55. The molecule has 1 unspecified atom stereocenters. The molecule has 2 heterocycles. The standard InChI is InChI=1S/C18H28N2/c1-15-6-9-19(10-7-15)13-17-8-11-20(14-17)18-5-3-4-16(2)12-18/h3-5,12,15,17H,6-11,13-14H2,1-2H3. The van der Waals surface area contributed by atoms with Gasteiger partial charge in [0.05, 0.1) is 0 Å². The molecule has 2 aliphatic rings. The highest BCUT2D eigenvalue weighted by Gasteiger charge is 2.26. The molecule has 3 rings (SSSR count). The van der Waals surface area contributed by atoms with Gasteiger partial charge in [-0.3, -0.25) is 0 Å². The summed E-state index contributed by atoms with van der Waals surface area (Å²) in [7, 11) is 0. The zero-order valence-electron chi connectivity index (χ0n) is 13.0. The summed E-state index contributed by atoms with van der Waals surface area (Å²) in [4.78, 5) is 5.27. The topological polar surface area (TPSA) is 6.48 Å². The summed E-state index contributed by atoms with van der Waals surface area (Å²) < 4.78 is 0. The summed E-state index contributed by atoms with van der Waals surface area (Å²) >= 11 is 0. The molecule has 2 heteroatoms. The molecule has 1 aromatic carbocycles. The summed E-state index contributed by atoms with van der Waals surface area (Å²) in [5.74, 6) is 1.81. The third-order valence-electron chi connectivity index (χ3n) is 5.05. The first kappa shape index (κ1) is 13.9. The van der Waals surface area contributed by atoms with Gasteiger partial charge in [-0.1, -0.05) is 19.1 Å². The van der Waals surface area contributed by atoms with Crippen LogP contribution < -0.4 is 4.90 Å². The van der Waals surface area contributed by atoms with Crippen molar-refractivity contribution in [2.24, 2.45) is 11.8 Å². The Kier molecular flexibility index (Phi) is 4.30. The largest absolute Gasteiger partial charge is 0.371 e. The van der Waals surface area contributed by atoms with Crippen molar-refractivity contribution in [1.29, 1.82) is 0 Å². The minimum absolute atomic E-state index is 0.865. The first-order valence-electron chi connectivity index (χ1n) is 8.24. The van der Waals surface area contributed by atoms with Crippen molar-refractivity contribution in [3.63, 3.8) is 0 Å². The molecule has 0 N–H and O–H groups in total. The third-order valence-corrected chi connectivity index (χ3v) is 5.05. The van der Waals surface area contributed by atoms with Crippen LogP contribution in [-0.2, 0) is 0 Å². The van der Waals surface area contributed by atoms with Crippen molar-refractivity contribution in [2.45, 2.75) is 33.1 Å². The van der Waals surface area contributed by atoms with Crippen LogP contribution in [0.15, 0.2) is 24.3 Å². The zero-order chi connectivity index (χ0) is 13.9. The lowest BCUT2D eigenvalue weighted by molar-refractivity contribution is 0.171. The SMILES string of the molecule is Cc1cccc(N2CCC(CN3CCC(C)CC3)C2)c1. The number of rotatable bonds is 3. The van der Waals surface area contributed by atoms with Crippen molar-refractivity contribution < 1.29 is 0 Å². The highest BCUT2D eigenvalue weighted by Crippen LogP contribution is 2.26. The number of aryl methyl sites for hydroxylation is 1. The second-order valence-electron chi connectivity index (χ2n) is 6.92. The summed E-state index contributed by atoms with van der Waals surface area (Å²) in [5, 5.41) is 0. The van der Waals surface area contributed by atoms with Crippen LogP contribution in [0.25, 0.3) is 0 Å². The van der Waals surface area contributed by atoms with Crippen molar-refractivity contribution in [3.8, 4) is 0 Å². The van der Waals surface area contributed by atoms with Gasteiger partial charge in [0, 0.05) is 25.3 Å². The van der Waals surface area contributed by atoms with Gasteiger partial charge in [0.25, 0.3) is 0 Å². The van der Waals surface area contributed by atoms with E-state index in [2.05, 4.69) is 47.9 Å². The van der Waals surface area contributed by atoms with Crippen LogP contribution in [0.2, 0.25) is 0 Å². The molecule has 0 aromatic heterocycles. The summed E-state index contributed by atoms with van der Waals surface area (Å²) in [6, 6.07) is 8.96. The van der Waals surface area contributed by atoms with Gasteiger partial charge in [-0.05, 0) is 68.8 Å². The van der Waals surface area contributed by atoms with E-state index in [1.165, 1.54) is 63.2 Å². The number of benzene rings is 1. The van der Waals surface area contributed by atoms with Crippen molar-refractivity contribution >= 4 is 5.69 Å². The second kappa shape index (κ2) is 6.17. The molecule has 0 radical (unpaired) electrons. The summed E-state index contributed by atoms with van der Waals surface area (Å²) in [5.41, 5.74) is 2.79. The molecule has 1 atom stereocenters. The van der Waals surface area contributed by atoms with Gasteiger partial charge in [0.2, 0.25) is 0 Å². The fourth-order valence-corrected chi connectivity index (χ4v) is 3.65. The normalized spacial score (nSPS) is 25.3. The van der Waals surface area contributed by atoms with Crippen LogP contribution in [0.5, 0.6) is 0 Å². The number of hydrogen-bond donors (Lipinski definition) is 0. The maximum absolute atomic E-state index is 2.70. The van der Waals surface area contributed by atoms with E-state index in [4.69, 9.17) is 0 Å². The van der Waals surface area contributed by atoms with Crippen LogP contribution in [0.3, 0.4) is 0 Å². The number of piperidine rings is 1. The highest BCUT2D eigenvalue weighted by molar-refractivity contribution is 5.49. The lowest BCUT2D eigenvalue weighted by atomic mass is 9.98. The Morgan fingerprint density at radius 3 is 2.65 bits per heavy atom. The van der Waals surface area contributed by atoms with E-state index in [1.807, 2.05) is 0 Å². The third kappa shape index (κ3) is 3.35. The molecule has 0 aliphatic carbocycles. The van der Waals surface area contributed by atoms with Crippen LogP contribution in [-0.4, -0.2) is 37.6 Å². The van der Waals surface area contributed by atoms with Crippen LogP contribution >= 0.6 is 0 Å². The fourth-order valence-electron chi connectivity index (χ4n) is 3.65. The Balaban J connectivity index is 1.52. The highest BCUT2D eigenvalue weighted by atomic mass is 15.2. The molecule has 2 fully saturated rings. The van der Waals surface area contributed by atoms with Gasteiger partial charge < -0.3 is 9.80 Å². The molecule has 2 aliphatic heterocycles. The maximum atomic E-state index is 2.70. The predicted molar refractivity (Wildman–Crippen MR) is 86.3 cm³/mol. The minimum atomic E-state index is 0.865. The number of nitrogens with zero attached hydrogens (tertiary/aromatic N) is 2. The first-order chi connectivity index (χ1) is 9.70. The van der Waals surface area contributed by atoms with Crippen molar-refractivity contribution in [3.05, 3.63) is 29.8 Å². The Hall–Kier alpha value is -1.02. The molecule has 0 bridgehead atoms. The lowest BCUT2D eigenvalue weighted by Crippen LogP contribution is -2.37.